The Morgan fingerprint density at radius 3 is 2.00 bits per heavy atom. The van der Waals surface area contributed by atoms with Gasteiger partial charge in [0.15, 0.2) is 11.5 Å². The smallest absolute Gasteiger partial charge is 0.181 e. The quantitative estimate of drug-likeness (QED) is 0.334. The van der Waals surface area contributed by atoms with Gasteiger partial charge in [-0.15, -0.1) is 0 Å². The second-order valence-corrected chi connectivity index (χ2v) is 5.91. The second-order valence-electron chi connectivity index (χ2n) is 3.99. The van der Waals surface area contributed by atoms with Crippen LogP contribution in [0.2, 0.25) is 15.1 Å². The van der Waals surface area contributed by atoms with Gasteiger partial charge in [0.25, 0.3) is 0 Å². The Morgan fingerprint density at radius 2 is 1.47 bits per heavy atom. The van der Waals surface area contributed by atoms with Gasteiger partial charge in [-0.3, -0.25) is 0 Å². The van der Waals surface area contributed by atoms with Crippen molar-refractivity contribution in [3.05, 3.63) is 20.6 Å². The van der Waals surface area contributed by atoms with Crippen LogP contribution in [-0.4, -0.2) is 19.5 Å². The molecular weight excluding hydrogens is 374 g/mol. The minimum absolute atomic E-state index is 0.287. The van der Waals surface area contributed by atoms with Crippen molar-refractivity contribution in [2.75, 3.05) is 19.5 Å². The Morgan fingerprint density at radius 1 is 0.842 bits per heavy atom. The summed E-state index contributed by atoms with van der Waals surface area (Å²) in [7, 11) is 3.10. The molecule has 0 amide bonds. The number of methoxy groups -OCH3 is 2. The van der Waals surface area contributed by atoms with Crippen LogP contribution in [0.1, 0.15) is 24.8 Å². The zero-order chi connectivity index (χ0) is 14.4. The zero-order valence-corrected chi connectivity index (χ0v) is 14.7. The fourth-order valence-corrected chi connectivity index (χ4v) is 3.04. The van der Waals surface area contributed by atoms with Crippen LogP contribution in [-0.2, 0) is 6.42 Å². The van der Waals surface area contributed by atoms with Gasteiger partial charge >= 0.3 is 0 Å². The zero-order valence-electron chi connectivity index (χ0n) is 10.9. The fraction of sp³-hybridized carbons (Fsp3) is 0.538. The fourth-order valence-electron chi connectivity index (χ4n) is 1.86. The first-order chi connectivity index (χ1) is 9.08. The van der Waals surface area contributed by atoms with Gasteiger partial charge in [0.1, 0.15) is 5.02 Å². The van der Waals surface area contributed by atoms with Gasteiger partial charge in [0.05, 0.1) is 24.3 Å². The van der Waals surface area contributed by atoms with E-state index in [1.165, 1.54) is 7.11 Å². The molecule has 1 aromatic rings. The van der Waals surface area contributed by atoms with Crippen LogP contribution < -0.4 is 9.47 Å². The molecule has 0 heterocycles. The normalized spacial score (nSPS) is 10.6. The van der Waals surface area contributed by atoms with E-state index in [1.807, 2.05) is 0 Å². The molecule has 0 bridgehead atoms. The molecule has 0 aromatic heterocycles. The second kappa shape index (κ2) is 8.46. The van der Waals surface area contributed by atoms with Crippen molar-refractivity contribution < 1.29 is 9.47 Å². The van der Waals surface area contributed by atoms with E-state index in [2.05, 4.69) is 15.9 Å². The third kappa shape index (κ3) is 4.07. The topological polar surface area (TPSA) is 18.5 Å². The van der Waals surface area contributed by atoms with Gasteiger partial charge in [-0.25, -0.2) is 0 Å². The van der Waals surface area contributed by atoms with Crippen LogP contribution in [0.3, 0.4) is 0 Å². The van der Waals surface area contributed by atoms with Gasteiger partial charge < -0.3 is 9.47 Å². The molecule has 0 fully saturated rings. The molecule has 19 heavy (non-hydrogen) atoms. The van der Waals surface area contributed by atoms with E-state index < -0.39 is 0 Å². The van der Waals surface area contributed by atoms with E-state index in [0.29, 0.717) is 21.5 Å². The third-order valence-corrected chi connectivity index (χ3v) is 4.71. The Labute approximate surface area is 137 Å². The van der Waals surface area contributed by atoms with Crippen molar-refractivity contribution >= 4 is 50.7 Å². The van der Waals surface area contributed by atoms with E-state index in [4.69, 9.17) is 44.3 Å². The number of rotatable bonds is 7. The van der Waals surface area contributed by atoms with Crippen LogP contribution in [0.15, 0.2) is 0 Å². The molecule has 0 unspecified atom stereocenters. The minimum Gasteiger partial charge on any atom is -0.492 e. The first-order valence-electron chi connectivity index (χ1n) is 5.91. The molecule has 0 atom stereocenters. The van der Waals surface area contributed by atoms with Crippen LogP contribution in [0.5, 0.6) is 11.5 Å². The largest absolute Gasteiger partial charge is 0.492 e. The average molecular weight is 391 g/mol. The van der Waals surface area contributed by atoms with Gasteiger partial charge in [0.2, 0.25) is 0 Å². The molecule has 0 saturated heterocycles. The Kier molecular flexibility index (Phi) is 7.66. The maximum absolute atomic E-state index is 6.26. The van der Waals surface area contributed by atoms with Crippen molar-refractivity contribution in [3.63, 3.8) is 0 Å². The van der Waals surface area contributed by atoms with E-state index in [9.17, 15) is 0 Å². The predicted molar refractivity (Wildman–Crippen MR) is 85.9 cm³/mol. The Hall–Kier alpha value is 0.170. The molecule has 0 saturated carbocycles. The van der Waals surface area contributed by atoms with Crippen LogP contribution in [0.4, 0.5) is 0 Å². The summed E-state index contributed by atoms with van der Waals surface area (Å²) >= 11 is 21.9. The molecule has 2 nitrogen and oxygen atoms in total. The summed E-state index contributed by atoms with van der Waals surface area (Å²) in [6.45, 7) is 0. The first-order valence-corrected chi connectivity index (χ1v) is 8.17. The summed E-state index contributed by atoms with van der Waals surface area (Å²) in [5.74, 6) is 1.01. The minimum atomic E-state index is 0.287. The number of unbranched alkanes of at least 4 members (excludes halogenated alkanes) is 2. The highest BCUT2D eigenvalue weighted by molar-refractivity contribution is 9.09. The number of ether oxygens (including phenoxy) is 2. The van der Waals surface area contributed by atoms with Gasteiger partial charge in [-0.2, -0.15) is 0 Å². The summed E-state index contributed by atoms with van der Waals surface area (Å²) in [5.41, 5.74) is 0.852. The lowest BCUT2D eigenvalue weighted by molar-refractivity contribution is 0.351. The van der Waals surface area contributed by atoms with Crippen LogP contribution >= 0.6 is 50.7 Å². The Balaban J connectivity index is 3.10. The molecule has 1 aromatic carbocycles. The van der Waals surface area contributed by atoms with Crippen molar-refractivity contribution in [1.82, 2.24) is 0 Å². The van der Waals surface area contributed by atoms with E-state index in [-0.39, 0.29) is 5.02 Å². The number of hydrogen-bond acceptors (Lipinski definition) is 2. The molecule has 0 aliphatic heterocycles. The highest BCUT2D eigenvalue weighted by atomic mass is 79.9. The predicted octanol–water partition coefficient (Wildman–Crippen LogP) is 5.77. The molecule has 0 aliphatic carbocycles. The molecular formula is C13H16BrCl3O2. The highest BCUT2D eigenvalue weighted by Crippen LogP contribution is 2.48. The molecule has 0 N–H and O–H groups in total. The monoisotopic (exact) mass is 388 g/mol. The molecule has 0 radical (unpaired) electrons. The van der Waals surface area contributed by atoms with Gasteiger partial charge in [-0.05, 0) is 19.3 Å². The van der Waals surface area contributed by atoms with Crippen LogP contribution in [0.25, 0.3) is 0 Å². The van der Waals surface area contributed by atoms with E-state index >= 15 is 0 Å². The Bertz CT molecular complexity index is 439. The van der Waals surface area contributed by atoms with Gasteiger partial charge in [0, 0.05) is 10.9 Å². The van der Waals surface area contributed by atoms with E-state index in [0.717, 1.165) is 36.6 Å². The van der Waals surface area contributed by atoms with Gasteiger partial charge in [-0.1, -0.05) is 57.2 Å². The van der Waals surface area contributed by atoms with Crippen molar-refractivity contribution in [3.8, 4) is 11.5 Å². The summed E-state index contributed by atoms with van der Waals surface area (Å²) < 4.78 is 10.6. The van der Waals surface area contributed by atoms with Crippen molar-refractivity contribution in [2.24, 2.45) is 0 Å². The molecule has 6 heteroatoms. The third-order valence-electron chi connectivity index (χ3n) is 2.80. The highest BCUT2D eigenvalue weighted by Gasteiger charge is 2.22. The summed E-state index contributed by atoms with van der Waals surface area (Å²) in [5, 5.41) is 2.05. The summed E-state index contributed by atoms with van der Waals surface area (Å²) in [4.78, 5) is 0. The lowest BCUT2D eigenvalue weighted by Gasteiger charge is -2.17. The van der Waals surface area contributed by atoms with Crippen molar-refractivity contribution in [1.29, 1.82) is 0 Å². The maximum Gasteiger partial charge on any atom is 0.181 e. The summed E-state index contributed by atoms with van der Waals surface area (Å²) in [6, 6.07) is 0. The maximum atomic E-state index is 6.26. The SMILES string of the molecule is COc1c(Cl)c(Cl)c(Cl)c(CCCCCBr)c1OC. The average Bonchev–Trinajstić information content (AvgIpc) is 2.42. The van der Waals surface area contributed by atoms with E-state index in [1.54, 1.807) is 7.11 Å². The molecule has 0 spiro atoms. The lowest BCUT2D eigenvalue weighted by Crippen LogP contribution is -1.99. The molecule has 1 rings (SSSR count). The molecule has 0 aliphatic rings. The standard InChI is InChI=1S/C13H16BrCl3O2/c1-18-12-8(6-4-3-5-7-14)9(15)10(16)11(17)13(12)19-2/h3-7H2,1-2H3. The number of alkyl halides is 1. The first kappa shape index (κ1) is 17.2. The number of hydrogen-bond donors (Lipinski definition) is 0. The lowest BCUT2D eigenvalue weighted by atomic mass is 10.1. The van der Waals surface area contributed by atoms with Crippen molar-refractivity contribution in [2.45, 2.75) is 25.7 Å². The summed E-state index contributed by atoms with van der Waals surface area (Å²) in [6.07, 6.45) is 4.01. The van der Waals surface area contributed by atoms with Crippen LogP contribution in [0, 0.1) is 0 Å². The number of halogens is 4. The number of benzene rings is 1. The molecule has 108 valence electrons.